The molecule has 3 unspecified atom stereocenters. The normalized spacial score (nSPS) is 44.1. The van der Waals surface area contributed by atoms with Crippen molar-refractivity contribution in [3.05, 3.63) is 0 Å². The summed E-state index contributed by atoms with van der Waals surface area (Å²) in [4.78, 5) is 5.55. The Morgan fingerprint density at radius 3 is 2.59 bits per heavy atom. The Balaban J connectivity index is 1.36. The first-order chi connectivity index (χ1) is 8.40. The molecule has 0 spiro atoms. The zero-order valence-corrected chi connectivity index (χ0v) is 10.8. The van der Waals surface area contributed by atoms with Crippen molar-refractivity contribution in [1.82, 2.24) is 15.1 Å². The summed E-state index contributed by atoms with van der Waals surface area (Å²) in [5.74, 6) is 0.957. The number of hydrogen-bond acceptors (Lipinski definition) is 3. The lowest BCUT2D eigenvalue weighted by Gasteiger charge is -2.25. The van der Waals surface area contributed by atoms with Gasteiger partial charge in [0.2, 0.25) is 0 Å². The van der Waals surface area contributed by atoms with Gasteiger partial charge in [0.25, 0.3) is 0 Å². The van der Waals surface area contributed by atoms with E-state index in [2.05, 4.69) is 15.1 Å². The van der Waals surface area contributed by atoms with Gasteiger partial charge in [0, 0.05) is 44.3 Å². The van der Waals surface area contributed by atoms with Crippen molar-refractivity contribution in [2.75, 3.05) is 32.7 Å². The number of piperidine rings is 1. The van der Waals surface area contributed by atoms with E-state index in [4.69, 9.17) is 0 Å². The summed E-state index contributed by atoms with van der Waals surface area (Å²) in [5.41, 5.74) is 0. The molecule has 4 aliphatic rings. The first kappa shape index (κ1) is 10.8. The average molecular weight is 235 g/mol. The summed E-state index contributed by atoms with van der Waals surface area (Å²) in [6.07, 6.45) is 7.23. The van der Waals surface area contributed by atoms with Crippen LogP contribution in [0.15, 0.2) is 0 Å². The van der Waals surface area contributed by atoms with Gasteiger partial charge in [-0.2, -0.15) is 0 Å². The molecule has 3 heterocycles. The fourth-order valence-corrected chi connectivity index (χ4v) is 4.22. The van der Waals surface area contributed by atoms with Crippen LogP contribution in [-0.2, 0) is 0 Å². The number of hydrogen-bond donors (Lipinski definition) is 1. The van der Waals surface area contributed by atoms with Gasteiger partial charge in [0.1, 0.15) is 0 Å². The number of fused-ring (bicyclic) bond motifs is 1. The van der Waals surface area contributed by atoms with Crippen molar-refractivity contribution in [1.29, 1.82) is 0 Å². The second-order valence-corrected chi connectivity index (χ2v) is 6.59. The van der Waals surface area contributed by atoms with E-state index in [1.165, 1.54) is 64.8 Å². The Morgan fingerprint density at radius 1 is 0.824 bits per heavy atom. The van der Waals surface area contributed by atoms with Crippen LogP contribution in [0.3, 0.4) is 0 Å². The van der Waals surface area contributed by atoms with Crippen molar-refractivity contribution >= 4 is 0 Å². The highest BCUT2D eigenvalue weighted by Gasteiger charge is 2.41. The molecule has 0 radical (unpaired) electrons. The first-order valence-corrected chi connectivity index (χ1v) is 7.61. The van der Waals surface area contributed by atoms with Crippen molar-refractivity contribution < 1.29 is 0 Å². The molecule has 1 saturated carbocycles. The van der Waals surface area contributed by atoms with Crippen LogP contribution in [0.1, 0.15) is 32.1 Å². The predicted octanol–water partition coefficient (Wildman–Crippen LogP) is 0.907. The topological polar surface area (TPSA) is 18.5 Å². The molecule has 4 rings (SSSR count). The molecule has 0 bridgehead atoms. The minimum absolute atomic E-state index is 0.818. The summed E-state index contributed by atoms with van der Waals surface area (Å²) in [6, 6.07) is 2.67. The molecule has 17 heavy (non-hydrogen) atoms. The average Bonchev–Trinajstić information content (AvgIpc) is 2.94. The molecule has 0 aromatic carbocycles. The summed E-state index contributed by atoms with van der Waals surface area (Å²) in [6.45, 7) is 6.70. The number of nitrogens with one attached hydrogen (secondary N) is 1. The zero-order valence-electron chi connectivity index (χ0n) is 10.8. The van der Waals surface area contributed by atoms with Crippen LogP contribution in [0.25, 0.3) is 0 Å². The smallest absolute Gasteiger partial charge is 0.0236 e. The molecule has 0 aromatic heterocycles. The predicted molar refractivity (Wildman–Crippen MR) is 69.1 cm³/mol. The third kappa shape index (κ3) is 2.02. The van der Waals surface area contributed by atoms with E-state index in [1.54, 1.807) is 0 Å². The molecule has 1 aliphatic carbocycles. The highest BCUT2D eigenvalue weighted by atomic mass is 15.3. The van der Waals surface area contributed by atoms with Crippen molar-refractivity contribution in [3.8, 4) is 0 Å². The van der Waals surface area contributed by atoms with E-state index in [1.807, 2.05) is 0 Å². The fourth-order valence-electron chi connectivity index (χ4n) is 4.22. The summed E-state index contributed by atoms with van der Waals surface area (Å²) >= 11 is 0. The molecule has 3 atom stereocenters. The largest absolute Gasteiger partial charge is 0.312 e. The monoisotopic (exact) mass is 235 g/mol. The molecule has 3 saturated heterocycles. The highest BCUT2D eigenvalue weighted by molar-refractivity contribution is 4.98. The lowest BCUT2D eigenvalue weighted by Crippen LogP contribution is -2.41. The Hall–Kier alpha value is -0.120. The number of rotatable bonds is 2. The van der Waals surface area contributed by atoms with Crippen LogP contribution in [0.5, 0.6) is 0 Å². The molecule has 3 aliphatic heterocycles. The van der Waals surface area contributed by atoms with Gasteiger partial charge in [-0.05, 0) is 44.6 Å². The molecule has 4 fully saturated rings. The maximum atomic E-state index is 3.73. The summed E-state index contributed by atoms with van der Waals surface area (Å²) in [5, 5.41) is 3.73. The van der Waals surface area contributed by atoms with E-state index in [9.17, 15) is 0 Å². The number of nitrogens with zero attached hydrogens (tertiary/aromatic N) is 2. The van der Waals surface area contributed by atoms with Gasteiger partial charge < -0.3 is 5.32 Å². The van der Waals surface area contributed by atoms with E-state index >= 15 is 0 Å². The standard InChI is InChI=1S/C14H25N3/c1-2-11-8-17(10-14(11)15-6-1)13-5-7-16(9-13)12-3-4-12/h11-15H,1-10H2. The second-order valence-electron chi connectivity index (χ2n) is 6.59. The Kier molecular flexibility index (Phi) is 2.67. The van der Waals surface area contributed by atoms with Crippen LogP contribution in [-0.4, -0.2) is 60.6 Å². The maximum absolute atomic E-state index is 3.73. The van der Waals surface area contributed by atoms with Crippen LogP contribution < -0.4 is 5.32 Å². The van der Waals surface area contributed by atoms with Gasteiger partial charge in [-0.3, -0.25) is 9.80 Å². The fraction of sp³-hybridized carbons (Fsp3) is 1.00. The van der Waals surface area contributed by atoms with E-state index in [0.717, 1.165) is 24.0 Å². The van der Waals surface area contributed by atoms with E-state index < -0.39 is 0 Å². The van der Waals surface area contributed by atoms with E-state index in [-0.39, 0.29) is 0 Å². The van der Waals surface area contributed by atoms with Crippen LogP contribution in [0.2, 0.25) is 0 Å². The van der Waals surface area contributed by atoms with Crippen molar-refractivity contribution in [2.45, 2.75) is 50.2 Å². The lowest BCUT2D eigenvalue weighted by atomic mass is 9.94. The number of likely N-dealkylation sites (tertiary alicyclic amines) is 2. The molecule has 0 amide bonds. The molecular weight excluding hydrogens is 210 g/mol. The molecule has 3 nitrogen and oxygen atoms in total. The summed E-state index contributed by atoms with van der Waals surface area (Å²) < 4.78 is 0. The third-order valence-corrected chi connectivity index (χ3v) is 5.40. The summed E-state index contributed by atoms with van der Waals surface area (Å²) in [7, 11) is 0. The minimum Gasteiger partial charge on any atom is -0.312 e. The zero-order chi connectivity index (χ0) is 11.2. The second kappa shape index (κ2) is 4.22. The molecular formula is C14H25N3. The molecule has 3 heteroatoms. The van der Waals surface area contributed by atoms with Gasteiger partial charge in [-0.1, -0.05) is 0 Å². The molecule has 96 valence electrons. The highest BCUT2D eigenvalue weighted by Crippen LogP contribution is 2.33. The lowest BCUT2D eigenvalue weighted by molar-refractivity contribution is 0.221. The van der Waals surface area contributed by atoms with Crippen LogP contribution >= 0.6 is 0 Å². The maximum Gasteiger partial charge on any atom is 0.0236 e. The van der Waals surface area contributed by atoms with Gasteiger partial charge in [0.15, 0.2) is 0 Å². The third-order valence-electron chi connectivity index (χ3n) is 5.40. The van der Waals surface area contributed by atoms with Crippen LogP contribution in [0, 0.1) is 5.92 Å². The SMILES string of the molecule is C1CNC2CN(C3CCN(C4CC4)C3)CC2C1. The van der Waals surface area contributed by atoms with Gasteiger partial charge in [-0.25, -0.2) is 0 Å². The van der Waals surface area contributed by atoms with Gasteiger partial charge in [0.05, 0.1) is 0 Å². The van der Waals surface area contributed by atoms with Gasteiger partial charge >= 0.3 is 0 Å². The Bertz CT molecular complexity index is 275. The first-order valence-electron chi connectivity index (χ1n) is 7.61. The van der Waals surface area contributed by atoms with E-state index in [0.29, 0.717) is 0 Å². The van der Waals surface area contributed by atoms with Crippen LogP contribution in [0.4, 0.5) is 0 Å². The van der Waals surface area contributed by atoms with Gasteiger partial charge in [-0.15, -0.1) is 0 Å². The van der Waals surface area contributed by atoms with Crippen molar-refractivity contribution in [3.63, 3.8) is 0 Å². The quantitative estimate of drug-likeness (QED) is 0.767. The molecule has 1 N–H and O–H groups in total. The molecule has 0 aromatic rings. The van der Waals surface area contributed by atoms with Crippen molar-refractivity contribution in [2.24, 2.45) is 5.92 Å². The Morgan fingerprint density at radius 2 is 1.76 bits per heavy atom. The minimum atomic E-state index is 0.818. The Labute approximate surface area is 105 Å².